The zero-order valence-corrected chi connectivity index (χ0v) is 17.5. The third-order valence-corrected chi connectivity index (χ3v) is 5.84. The first-order valence-corrected chi connectivity index (χ1v) is 11.6. The number of carbonyl (C=O) groups excluding carboxylic acids is 2. The minimum absolute atomic E-state index is 0.141. The molecule has 0 aromatic heterocycles. The smallest absolute Gasteiger partial charge is 0.220 e. The molecule has 1 amide bonds. The standard InChI is InChI=1S/C18H36N2O2S2/c1-5-16(21)10-14-23-24-15-11-17(22)19-12-8-6-7-9-13-20-18(2,3)4/h20H,5-15H2,1-4H3,(H,19,22). The molecule has 0 aromatic rings. The Kier molecular flexibility index (Phi) is 15.0. The minimum atomic E-state index is 0.141. The van der Waals surface area contributed by atoms with Crippen LogP contribution < -0.4 is 10.6 Å². The second-order valence-electron chi connectivity index (χ2n) is 6.98. The Morgan fingerprint density at radius 1 is 0.875 bits per heavy atom. The van der Waals surface area contributed by atoms with Crippen molar-refractivity contribution in [2.45, 2.75) is 78.2 Å². The van der Waals surface area contributed by atoms with Gasteiger partial charge in [0.2, 0.25) is 5.91 Å². The Morgan fingerprint density at radius 2 is 1.46 bits per heavy atom. The number of hydrogen-bond donors (Lipinski definition) is 2. The number of carbonyl (C=O) groups is 2. The molecule has 0 saturated heterocycles. The average Bonchev–Trinajstić information content (AvgIpc) is 2.51. The molecule has 0 aliphatic carbocycles. The van der Waals surface area contributed by atoms with Crippen LogP contribution in [0.25, 0.3) is 0 Å². The molecular weight excluding hydrogens is 340 g/mol. The van der Waals surface area contributed by atoms with E-state index in [1.165, 1.54) is 19.3 Å². The summed E-state index contributed by atoms with van der Waals surface area (Å²) in [4.78, 5) is 22.8. The summed E-state index contributed by atoms with van der Waals surface area (Å²) in [6.45, 7) is 10.3. The largest absolute Gasteiger partial charge is 0.356 e. The van der Waals surface area contributed by atoms with E-state index in [0.717, 1.165) is 31.0 Å². The van der Waals surface area contributed by atoms with Crippen LogP contribution in [0.3, 0.4) is 0 Å². The van der Waals surface area contributed by atoms with Crippen molar-refractivity contribution >= 4 is 33.3 Å². The molecule has 0 spiro atoms. The fourth-order valence-corrected chi connectivity index (χ4v) is 3.99. The van der Waals surface area contributed by atoms with Gasteiger partial charge in [-0.1, -0.05) is 41.4 Å². The first kappa shape index (κ1) is 23.8. The number of unbranched alkanes of at least 4 members (excludes halogenated alkanes) is 3. The van der Waals surface area contributed by atoms with E-state index in [-0.39, 0.29) is 11.4 Å². The van der Waals surface area contributed by atoms with Crippen LogP contribution in [0.5, 0.6) is 0 Å². The van der Waals surface area contributed by atoms with Crippen molar-refractivity contribution in [3.05, 3.63) is 0 Å². The SMILES string of the molecule is CCC(=O)CCSSCCC(=O)NCCCCCCNC(C)(C)C. The van der Waals surface area contributed by atoms with E-state index in [2.05, 4.69) is 31.4 Å². The molecule has 2 N–H and O–H groups in total. The van der Waals surface area contributed by atoms with Crippen LogP contribution in [0, 0.1) is 0 Å². The second-order valence-corrected chi connectivity index (χ2v) is 9.68. The molecule has 4 nitrogen and oxygen atoms in total. The Morgan fingerprint density at radius 3 is 2.04 bits per heavy atom. The third kappa shape index (κ3) is 18.1. The summed E-state index contributed by atoms with van der Waals surface area (Å²) in [5, 5.41) is 6.47. The van der Waals surface area contributed by atoms with Crippen LogP contribution in [0.1, 0.15) is 72.6 Å². The van der Waals surface area contributed by atoms with Crippen molar-refractivity contribution in [2.24, 2.45) is 0 Å². The van der Waals surface area contributed by atoms with Crippen molar-refractivity contribution < 1.29 is 9.59 Å². The van der Waals surface area contributed by atoms with Gasteiger partial charge in [0.25, 0.3) is 0 Å². The maximum atomic E-state index is 11.7. The highest BCUT2D eigenvalue weighted by Gasteiger charge is 2.07. The van der Waals surface area contributed by atoms with E-state index in [4.69, 9.17) is 0 Å². The lowest BCUT2D eigenvalue weighted by Gasteiger charge is -2.20. The summed E-state index contributed by atoms with van der Waals surface area (Å²) in [7, 11) is 3.38. The van der Waals surface area contributed by atoms with Crippen molar-refractivity contribution in [3.8, 4) is 0 Å². The number of ketones is 1. The van der Waals surface area contributed by atoms with Gasteiger partial charge in [-0.15, -0.1) is 0 Å². The van der Waals surface area contributed by atoms with E-state index in [9.17, 15) is 9.59 Å². The fraction of sp³-hybridized carbons (Fsp3) is 0.889. The predicted molar refractivity (Wildman–Crippen MR) is 109 cm³/mol. The van der Waals surface area contributed by atoms with Crippen LogP contribution in [0.2, 0.25) is 0 Å². The summed E-state index contributed by atoms with van der Waals surface area (Å²) < 4.78 is 0. The molecule has 0 saturated carbocycles. The van der Waals surface area contributed by atoms with Gasteiger partial charge < -0.3 is 10.6 Å². The van der Waals surface area contributed by atoms with Gasteiger partial charge in [0.05, 0.1) is 0 Å². The highest BCUT2D eigenvalue weighted by molar-refractivity contribution is 8.76. The molecule has 0 atom stereocenters. The van der Waals surface area contributed by atoms with Crippen LogP contribution >= 0.6 is 21.6 Å². The normalized spacial score (nSPS) is 11.5. The van der Waals surface area contributed by atoms with Gasteiger partial charge in [-0.3, -0.25) is 9.59 Å². The topological polar surface area (TPSA) is 58.2 Å². The zero-order chi connectivity index (χ0) is 18.3. The molecular formula is C18H36N2O2S2. The summed E-state index contributed by atoms with van der Waals surface area (Å²) >= 11 is 0. The van der Waals surface area contributed by atoms with Gasteiger partial charge in [-0.05, 0) is 40.2 Å². The van der Waals surface area contributed by atoms with Crippen LogP contribution in [0.15, 0.2) is 0 Å². The Hall–Kier alpha value is -0.200. The molecule has 0 aliphatic heterocycles. The number of rotatable bonds is 15. The fourth-order valence-electron chi connectivity index (χ4n) is 1.97. The number of hydrogen-bond acceptors (Lipinski definition) is 5. The quantitative estimate of drug-likeness (QED) is 0.331. The van der Waals surface area contributed by atoms with Gasteiger partial charge in [0, 0.05) is 42.9 Å². The number of amides is 1. The molecule has 0 rings (SSSR count). The van der Waals surface area contributed by atoms with Crippen LogP contribution in [0.4, 0.5) is 0 Å². The molecule has 142 valence electrons. The summed E-state index contributed by atoms with van der Waals surface area (Å²) in [5.41, 5.74) is 0.204. The van der Waals surface area contributed by atoms with E-state index < -0.39 is 0 Å². The molecule has 0 aliphatic rings. The Bertz CT molecular complexity index is 344. The molecule has 0 heterocycles. The van der Waals surface area contributed by atoms with E-state index in [1.54, 1.807) is 21.6 Å². The van der Waals surface area contributed by atoms with Gasteiger partial charge in [0.15, 0.2) is 0 Å². The third-order valence-electron chi connectivity index (χ3n) is 3.44. The molecule has 0 unspecified atom stereocenters. The number of Topliss-reactive ketones (excluding diaryl/α,β-unsaturated/α-hetero) is 1. The number of nitrogens with one attached hydrogen (secondary N) is 2. The van der Waals surface area contributed by atoms with Crippen LogP contribution in [-0.2, 0) is 9.59 Å². The maximum absolute atomic E-state index is 11.7. The lowest BCUT2D eigenvalue weighted by atomic mass is 10.1. The second kappa shape index (κ2) is 15.1. The molecule has 6 heteroatoms. The lowest BCUT2D eigenvalue weighted by molar-refractivity contribution is -0.120. The predicted octanol–water partition coefficient (Wildman–Crippen LogP) is 4.19. The molecule has 24 heavy (non-hydrogen) atoms. The Labute approximate surface area is 156 Å². The summed E-state index contributed by atoms with van der Waals surface area (Å²) in [6, 6.07) is 0. The first-order chi connectivity index (χ1) is 11.3. The molecule has 0 aromatic carbocycles. The Balaban J connectivity index is 3.28. The summed E-state index contributed by atoms with van der Waals surface area (Å²) in [6.07, 6.45) is 6.47. The van der Waals surface area contributed by atoms with E-state index in [1.807, 2.05) is 6.92 Å². The van der Waals surface area contributed by atoms with Gasteiger partial charge in [-0.25, -0.2) is 0 Å². The molecule has 0 fully saturated rings. The molecule has 0 radical (unpaired) electrons. The maximum Gasteiger partial charge on any atom is 0.220 e. The highest BCUT2D eigenvalue weighted by Crippen LogP contribution is 2.22. The van der Waals surface area contributed by atoms with E-state index >= 15 is 0 Å². The van der Waals surface area contributed by atoms with Crippen molar-refractivity contribution in [1.82, 2.24) is 10.6 Å². The van der Waals surface area contributed by atoms with Gasteiger partial charge in [0.1, 0.15) is 5.78 Å². The minimum Gasteiger partial charge on any atom is -0.356 e. The van der Waals surface area contributed by atoms with Gasteiger partial charge >= 0.3 is 0 Å². The highest BCUT2D eigenvalue weighted by atomic mass is 33.1. The van der Waals surface area contributed by atoms with E-state index in [0.29, 0.717) is 25.0 Å². The van der Waals surface area contributed by atoms with Crippen molar-refractivity contribution in [2.75, 3.05) is 24.6 Å². The first-order valence-electron chi connectivity index (χ1n) is 9.13. The van der Waals surface area contributed by atoms with Crippen LogP contribution in [-0.4, -0.2) is 41.8 Å². The van der Waals surface area contributed by atoms with Gasteiger partial charge in [-0.2, -0.15) is 0 Å². The molecule has 0 bridgehead atoms. The van der Waals surface area contributed by atoms with Crippen molar-refractivity contribution in [3.63, 3.8) is 0 Å². The monoisotopic (exact) mass is 376 g/mol. The average molecular weight is 377 g/mol. The van der Waals surface area contributed by atoms with Crippen molar-refractivity contribution in [1.29, 1.82) is 0 Å². The zero-order valence-electron chi connectivity index (χ0n) is 15.9. The lowest BCUT2D eigenvalue weighted by Crippen LogP contribution is -2.36. The summed E-state index contributed by atoms with van der Waals surface area (Å²) in [5.74, 6) is 2.12.